The van der Waals surface area contributed by atoms with Crippen molar-refractivity contribution in [3.63, 3.8) is 0 Å². The van der Waals surface area contributed by atoms with Gasteiger partial charge >= 0.3 is 0 Å². The third-order valence-electron chi connectivity index (χ3n) is 5.37. The van der Waals surface area contributed by atoms with Crippen LogP contribution in [0.3, 0.4) is 0 Å². The third kappa shape index (κ3) is 17.2. The topological polar surface area (TPSA) is 69.6 Å². The number of carbonyl (C=O) groups is 1. The van der Waals surface area contributed by atoms with Crippen LogP contribution in [0.15, 0.2) is 0 Å². The molecule has 4 heteroatoms. The number of nitrogens with one attached hydrogen (secondary N) is 1. The van der Waals surface area contributed by atoms with Gasteiger partial charge < -0.3 is 15.5 Å². The lowest BCUT2D eigenvalue weighted by Crippen LogP contribution is -2.45. The molecule has 0 saturated carbocycles. The van der Waals surface area contributed by atoms with Gasteiger partial charge in [0.2, 0.25) is 5.91 Å². The number of amides is 1. The molecular weight excluding hydrogens is 338 g/mol. The van der Waals surface area contributed by atoms with Crippen LogP contribution in [0.1, 0.15) is 123 Å². The Morgan fingerprint density at radius 3 is 1.67 bits per heavy atom. The molecule has 162 valence electrons. The Morgan fingerprint density at radius 1 is 0.741 bits per heavy atom. The van der Waals surface area contributed by atoms with E-state index in [2.05, 4.69) is 19.2 Å². The van der Waals surface area contributed by atoms with Gasteiger partial charge in [0.1, 0.15) is 0 Å². The summed E-state index contributed by atoms with van der Waals surface area (Å²) >= 11 is 0. The van der Waals surface area contributed by atoms with Gasteiger partial charge in [0.15, 0.2) is 0 Å². The molecule has 0 bridgehead atoms. The lowest BCUT2D eigenvalue weighted by atomic mass is 10.0. The van der Waals surface area contributed by atoms with Gasteiger partial charge in [-0.25, -0.2) is 0 Å². The van der Waals surface area contributed by atoms with Crippen LogP contribution in [0.25, 0.3) is 0 Å². The highest BCUT2D eigenvalue weighted by Gasteiger charge is 2.19. The van der Waals surface area contributed by atoms with Gasteiger partial charge in [-0.05, 0) is 12.8 Å². The smallest absolute Gasteiger partial charge is 0.220 e. The number of unbranched alkanes of at least 4 members (excludes halogenated alkanes) is 13. The molecule has 0 rings (SSSR count). The quantitative estimate of drug-likeness (QED) is 0.242. The average molecular weight is 386 g/mol. The largest absolute Gasteiger partial charge is 0.394 e. The van der Waals surface area contributed by atoms with Gasteiger partial charge in [-0.15, -0.1) is 0 Å². The molecule has 0 aromatic carbocycles. The Balaban J connectivity index is 3.62. The van der Waals surface area contributed by atoms with E-state index >= 15 is 0 Å². The molecule has 3 N–H and O–H groups in total. The van der Waals surface area contributed by atoms with Crippen LogP contribution in [0.4, 0.5) is 0 Å². The first-order valence-corrected chi connectivity index (χ1v) is 11.7. The maximum atomic E-state index is 11.9. The summed E-state index contributed by atoms with van der Waals surface area (Å²) < 4.78 is 0. The molecule has 27 heavy (non-hydrogen) atoms. The van der Waals surface area contributed by atoms with Gasteiger partial charge in [0.25, 0.3) is 0 Å². The molecule has 0 fully saturated rings. The zero-order valence-electron chi connectivity index (χ0n) is 18.2. The highest BCUT2D eigenvalue weighted by atomic mass is 16.3. The third-order valence-corrected chi connectivity index (χ3v) is 5.37. The minimum absolute atomic E-state index is 0.0526. The maximum Gasteiger partial charge on any atom is 0.220 e. The predicted molar refractivity (Wildman–Crippen MR) is 115 cm³/mol. The molecule has 0 spiro atoms. The lowest BCUT2D eigenvalue weighted by Gasteiger charge is -2.22. The van der Waals surface area contributed by atoms with Crippen LogP contribution in [0, 0.1) is 0 Å². The average Bonchev–Trinajstić information content (AvgIpc) is 2.67. The minimum Gasteiger partial charge on any atom is -0.394 e. The molecule has 0 aliphatic heterocycles. The molecule has 0 radical (unpaired) electrons. The second-order valence-corrected chi connectivity index (χ2v) is 8.06. The van der Waals surface area contributed by atoms with Crippen molar-refractivity contribution in [3.8, 4) is 0 Å². The molecular formula is C23H47NO3. The fourth-order valence-corrected chi connectivity index (χ4v) is 3.47. The van der Waals surface area contributed by atoms with Crippen molar-refractivity contribution in [1.82, 2.24) is 5.32 Å². The van der Waals surface area contributed by atoms with Crippen molar-refractivity contribution in [1.29, 1.82) is 0 Å². The number of aliphatic hydroxyl groups excluding tert-OH is 2. The van der Waals surface area contributed by atoms with Gasteiger partial charge in [-0.2, -0.15) is 0 Å². The highest BCUT2D eigenvalue weighted by molar-refractivity contribution is 5.76. The van der Waals surface area contributed by atoms with E-state index in [0.717, 1.165) is 38.5 Å². The van der Waals surface area contributed by atoms with Crippen molar-refractivity contribution in [3.05, 3.63) is 0 Å². The van der Waals surface area contributed by atoms with E-state index in [1.54, 1.807) is 0 Å². The summed E-state index contributed by atoms with van der Waals surface area (Å²) in [4.78, 5) is 11.9. The molecule has 0 aromatic heterocycles. The van der Waals surface area contributed by atoms with E-state index in [0.29, 0.717) is 12.8 Å². The second kappa shape index (κ2) is 20.1. The van der Waals surface area contributed by atoms with Crippen LogP contribution < -0.4 is 5.32 Å². The SMILES string of the molecule is CCCCCCCCCCCCCC(O)C(CO)NC(=O)CCCCCC. The van der Waals surface area contributed by atoms with Crippen molar-refractivity contribution in [2.24, 2.45) is 0 Å². The first-order chi connectivity index (χ1) is 13.2. The van der Waals surface area contributed by atoms with Crippen LogP contribution in [0.2, 0.25) is 0 Å². The van der Waals surface area contributed by atoms with Crippen molar-refractivity contribution in [2.75, 3.05) is 6.61 Å². The standard InChI is InChI=1S/C23H47NO3/c1-3-5-7-9-10-11-12-13-14-15-16-18-22(26)21(20-25)24-23(27)19-17-8-6-4-2/h21-22,25-26H,3-20H2,1-2H3,(H,24,27). The van der Waals surface area contributed by atoms with E-state index < -0.39 is 12.1 Å². The monoisotopic (exact) mass is 385 g/mol. The molecule has 1 amide bonds. The molecule has 0 heterocycles. The zero-order valence-corrected chi connectivity index (χ0v) is 18.2. The molecule has 0 aliphatic carbocycles. The molecule has 2 unspecified atom stereocenters. The van der Waals surface area contributed by atoms with E-state index in [9.17, 15) is 15.0 Å². The minimum atomic E-state index is -0.645. The Bertz CT molecular complexity index is 323. The molecule has 0 aliphatic rings. The fraction of sp³-hybridized carbons (Fsp3) is 0.957. The summed E-state index contributed by atoms with van der Waals surface area (Å²) in [6.45, 7) is 4.20. The molecule has 4 nitrogen and oxygen atoms in total. The summed E-state index contributed by atoms with van der Waals surface area (Å²) in [6.07, 6.45) is 18.8. The summed E-state index contributed by atoms with van der Waals surface area (Å²) in [5.74, 6) is -0.0526. The van der Waals surface area contributed by atoms with Crippen molar-refractivity contribution in [2.45, 2.75) is 135 Å². The molecule has 0 aromatic rings. The number of rotatable bonds is 20. The molecule has 0 saturated heterocycles. The van der Waals surface area contributed by atoms with E-state index in [1.807, 2.05) is 0 Å². The fourth-order valence-electron chi connectivity index (χ4n) is 3.47. The summed E-state index contributed by atoms with van der Waals surface area (Å²) in [5, 5.41) is 22.5. The Kier molecular flexibility index (Phi) is 19.7. The Hall–Kier alpha value is -0.610. The molecule has 2 atom stereocenters. The maximum absolute atomic E-state index is 11.9. The highest BCUT2D eigenvalue weighted by Crippen LogP contribution is 2.13. The number of hydrogen-bond donors (Lipinski definition) is 3. The van der Waals surface area contributed by atoms with E-state index in [-0.39, 0.29) is 12.5 Å². The first kappa shape index (κ1) is 26.4. The summed E-state index contributed by atoms with van der Waals surface area (Å²) in [5.41, 5.74) is 0. The lowest BCUT2D eigenvalue weighted by molar-refractivity contribution is -0.123. The number of hydrogen-bond acceptors (Lipinski definition) is 3. The van der Waals surface area contributed by atoms with Crippen LogP contribution in [0.5, 0.6) is 0 Å². The zero-order chi connectivity index (χ0) is 20.2. The first-order valence-electron chi connectivity index (χ1n) is 11.7. The van der Waals surface area contributed by atoms with Crippen LogP contribution in [-0.4, -0.2) is 34.9 Å². The van der Waals surface area contributed by atoms with Gasteiger partial charge in [-0.3, -0.25) is 4.79 Å². The van der Waals surface area contributed by atoms with Crippen molar-refractivity contribution >= 4 is 5.91 Å². The Morgan fingerprint density at radius 2 is 1.19 bits per heavy atom. The number of carbonyl (C=O) groups excluding carboxylic acids is 1. The summed E-state index contributed by atoms with van der Waals surface area (Å²) in [6, 6.07) is -0.521. The van der Waals surface area contributed by atoms with Crippen LogP contribution in [-0.2, 0) is 4.79 Å². The summed E-state index contributed by atoms with van der Waals surface area (Å²) in [7, 11) is 0. The van der Waals surface area contributed by atoms with Crippen LogP contribution >= 0.6 is 0 Å². The van der Waals surface area contributed by atoms with Crippen molar-refractivity contribution < 1.29 is 15.0 Å². The van der Waals surface area contributed by atoms with Gasteiger partial charge in [0.05, 0.1) is 18.8 Å². The van der Waals surface area contributed by atoms with Gasteiger partial charge in [-0.1, -0.05) is 104 Å². The predicted octanol–water partition coefficient (Wildman–Crippen LogP) is 5.50. The second-order valence-electron chi connectivity index (χ2n) is 8.06. The van der Waals surface area contributed by atoms with E-state index in [1.165, 1.54) is 57.8 Å². The van der Waals surface area contributed by atoms with E-state index in [4.69, 9.17) is 0 Å². The normalized spacial score (nSPS) is 13.5. The Labute approximate surface area is 168 Å². The number of aliphatic hydroxyl groups is 2. The van der Waals surface area contributed by atoms with Gasteiger partial charge in [0, 0.05) is 6.42 Å².